The van der Waals surface area contributed by atoms with E-state index >= 15 is 0 Å². The quantitative estimate of drug-likeness (QED) is 0.172. The summed E-state index contributed by atoms with van der Waals surface area (Å²) in [5.74, 6) is 0. The third-order valence-electron chi connectivity index (χ3n) is 6.98. The third-order valence-corrected chi connectivity index (χ3v) is 10.1. The topological polar surface area (TPSA) is 172 Å². The van der Waals surface area contributed by atoms with Gasteiger partial charge in [0.2, 0.25) is 0 Å². The Kier molecular flexibility index (Phi) is 13.5. The molecule has 6 rings (SSSR count). The maximum Gasteiger partial charge on any atom is 3.00 e. The number of hydrogen-bond acceptors (Lipinski definition) is 9. The van der Waals surface area contributed by atoms with E-state index in [1.165, 1.54) is 0 Å². The van der Waals surface area contributed by atoms with Gasteiger partial charge in [-0.1, -0.05) is 109 Å². The zero-order chi connectivity index (χ0) is 33.2. The van der Waals surface area contributed by atoms with E-state index < -0.39 is 30.4 Å². The van der Waals surface area contributed by atoms with Gasteiger partial charge in [0.1, 0.15) is 30.4 Å². The van der Waals surface area contributed by atoms with Gasteiger partial charge in [0.05, 0.1) is 14.7 Å². The molecule has 0 aromatic heterocycles. The van der Waals surface area contributed by atoms with Crippen LogP contribution in [0.25, 0.3) is 32.3 Å². The van der Waals surface area contributed by atoms with Gasteiger partial charge in [0.25, 0.3) is 0 Å². The van der Waals surface area contributed by atoms with E-state index in [0.717, 1.165) is 16.2 Å². The van der Waals surface area contributed by atoms with Crippen LogP contribution in [0, 0.1) is 20.8 Å². The summed E-state index contributed by atoms with van der Waals surface area (Å²) >= 11 is 0. The van der Waals surface area contributed by atoms with E-state index in [9.17, 15) is 38.9 Å². The van der Waals surface area contributed by atoms with Gasteiger partial charge < -0.3 is 13.7 Å². The van der Waals surface area contributed by atoms with Gasteiger partial charge in [-0.15, -0.1) is 0 Å². The average Bonchev–Trinajstić information content (AvgIpc) is 2.95. The van der Waals surface area contributed by atoms with Gasteiger partial charge in [0.15, 0.2) is 0 Å². The van der Waals surface area contributed by atoms with E-state index in [0.29, 0.717) is 32.8 Å². The number of rotatable bonds is 3. The summed E-state index contributed by atoms with van der Waals surface area (Å²) in [4.78, 5) is -0.332. The second-order valence-corrected chi connectivity index (χ2v) is 14.1. The molecule has 14 heteroatoms. The number of aryl methyl sites for hydroxylation is 3. The van der Waals surface area contributed by atoms with Gasteiger partial charge >= 0.3 is 34.7 Å². The van der Waals surface area contributed by atoms with E-state index in [-0.39, 0.29) is 49.4 Å². The number of hydrogen-bond donors (Lipinski definition) is 0. The maximum absolute atomic E-state index is 11.1. The molecule has 0 bridgehead atoms. The third kappa shape index (κ3) is 9.50. The van der Waals surface area contributed by atoms with Gasteiger partial charge in [0, 0.05) is 0 Å². The van der Waals surface area contributed by atoms with Gasteiger partial charge in [-0.3, -0.25) is 0 Å². The molecule has 0 saturated heterocycles. The van der Waals surface area contributed by atoms with Crippen LogP contribution in [0.15, 0.2) is 124 Å². The Hall–Kier alpha value is -3.11. The summed E-state index contributed by atoms with van der Waals surface area (Å²) < 4.78 is 100. The molecule has 0 aliphatic heterocycles. The molecule has 0 atom stereocenters. The zero-order valence-corrected chi connectivity index (χ0v) is 30.2. The van der Waals surface area contributed by atoms with Crippen molar-refractivity contribution >= 4 is 97.4 Å². The molecular weight excluding hydrogens is 691 g/mol. The molecule has 234 valence electrons. The average molecular weight is 718 g/mol. The summed E-state index contributed by atoms with van der Waals surface area (Å²) in [5, 5.41) is 3.76. The van der Waals surface area contributed by atoms with Gasteiger partial charge in [-0.25, -0.2) is 25.3 Å². The Morgan fingerprint density at radius 3 is 0.787 bits per heavy atom. The van der Waals surface area contributed by atoms with Crippen LogP contribution >= 0.6 is 0 Å². The largest absolute Gasteiger partial charge is 3.00 e. The van der Waals surface area contributed by atoms with Crippen LogP contribution in [0.5, 0.6) is 0 Å². The molecule has 0 amide bonds. The second-order valence-electron chi connectivity index (χ2n) is 10.2. The molecule has 0 heterocycles. The summed E-state index contributed by atoms with van der Waals surface area (Å²) in [5.41, 5.74) is 1.47. The summed E-state index contributed by atoms with van der Waals surface area (Å²) in [6.07, 6.45) is 0. The SMILES string of the molecule is Cc1ccc2ccccc2c1S(=O)(=O)[O-].Cc1ccc2ccccc2c1S(=O)(=O)[O-].Cc1ccc2ccccc2c1S(=O)(=O)[O-].[Al+3].[Al+3]. The van der Waals surface area contributed by atoms with Crippen LogP contribution in [-0.4, -0.2) is 73.6 Å². The first-order valence-electron chi connectivity index (χ1n) is 13.3. The molecule has 0 fully saturated rings. The molecule has 6 aromatic carbocycles. The van der Waals surface area contributed by atoms with E-state index in [4.69, 9.17) is 0 Å². The fourth-order valence-electron chi connectivity index (χ4n) is 5.05. The first-order chi connectivity index (χ1) is 21.0. The van der Waals surface area contributed by atoms with Gasteiger partial charge in [-0.05, 0) is 69.8 Å². The smallest absolute Gasteiger partial charge is 0.744 e. The molecule has 0 unspecified atom stereocenters. The van der Waals surface area contributed by atoms with Crippen LogP contribution in [0.3, 0.4) is 0 Å². The molecule has 0 aliphatic rings. The predicted molar refractivity (Wildman–Crippen MR) is 181 cm³/mol. The standard InChI is InChI=1S/3C11H10O3S.2Al/c3*1-8-6-7-9-4-2-3-5-10(9)11(8)15(12,13)14;;/h3*2-7H,1H3,(H,12,13,14);;/q;;;2*+3/p-3. The Morgan fingerprint density at radius 1 is 0.362 bits per heavy atom. The molecule has 9 nitrogen and oxygen atoms in total. The van der Waals surface area contributed by atoms with Crippen LogP contribution in [0.4, 0.5) is 0 Å². The summed E-state index contributed by atoms with van der Waals surface area (Å²) in [6, 6.07) is 31.2. The Balaban J connectivity index is 0.000000240. The summed E-state index contributed by atoms with van der Waals surface area (Å²) in [6.45, 7) is 4.87. The van der Waals surface area contributed by atoms with E-state index in [1.54, 1.807) is 130 Å². The predicted octanol–water partition coefficient (Wildman–Crippen LogP) is 5.40. The minimum atomic E-state index is -4.41. The van der Waals surface area contributed by atoms with Crippen LogP contribution in [0.1, 0.15) is 16.7 Å². The van der Waals surface area contributed by atoms with Crippen molar-refractivity contribution in [2.45, 2.75) is 35.5 Å². The summed E-state index contributed by atoms with van der Waals surface area (Å²) in [7, 11) is -13.2. The number of benzene rings is 6. The van der Waals surface area contributed by atoms with Crippen LogP contribution in [-0.2, 0) is 30.4 Å². The fraction of sp³-hybridized carbons (Fsp3) is 0.0909. The Morgan fingerprint density at radius 2 is 0.574 bits per heavy atom. The molecule has 0 radical (unpaired) electrons. The monoisotopic (exact) mass is 717 g/mol. The second kappa shape index (κ2) is 15.9. The van der Waals surface area contributed by atoms with E-state index in [2.05, 4.69) is 0 Å². The van der Waals surface area contributed by atoms with Crippen molar-refractivity contribution in [1.82, 2.24) is 0 Å². The molecule has 6 aromatic rings. The molecule has 0 N–H and O–H groups in total. The van der Waals surface area contributed by atoms with Crippen molar-refractivity contribution in [2.24, 2.45) is 0 Å². The first-order valence-corrected chi connectivity index (χ1v) is 17.6. The number of fused-ring (bicyclic) bond motifs is 3. The van der Waals surface area contributed by atoms with Crippen molar-refractivity contribution in [3.8, 4) is 0 Å². The van der Waals surface area contributed by atoms with Gasteiger partial charge in [-0.2, -0.15) is 0 Å². The Labute approximate surface area is 295 Å². The maximum atomic E-state index is 11.1. The van der Waals surface area contributed by atoms with Crippen molar-refractivity contribution in [3.63, 3.8) is 0 Å². The van der Waals surface area contributed by atoms with E-state index in [1.807, 2.05) is 0 Å². The van der Waals surface area contributed by atoms with Crippen molar-refractivity contribution in [3.05, 3.63) is 126 Å². The molecule has 47 heavy (non-hydrogen) atoms. The van der Waals surface area contributed by atoms with Crippen molar-refractivity contribution < 1.29 is 38.9 Å². The normalized spacial score (nSPS) is 11.4. The van der Waals surface area contributed by atoms with Crippen molar-refractivity contribution in [1.29, 1.82) is 0 Å². The minimum Gasteiger partial charge on any atom is -0.744 e. The molecular formula is C33H27Al2O9S3+3. The molecule has 0 saturated carbocycles. The molecule has 0 aliphatic carbocycles. The minimum absolute atomic E-state index is 0. The fourth-order valence-corrected chi connectivity index (χ4v) is 7.80. The van der Waals surface area contributed by atoms with Crippen molar-refractivity contribution in [2.75, 3.05) is 0 Å². The molecule has 0 spiro atoms. The van der Waals surface area contributed by atoms with Crippen LogP contribution in [0.2, 0.25) is 0 Å². The zero-order valence-electron chi connectivity index (χ0n) is 25.4. The van der Waals surface area contributed by atoms with Crippen LogP contribution < -0.4 is 0 Å². The first kappa shape index (κ1) is 40.1. The Bertz CT molecular complexity index is 2130.